The lowest BCUT2D eigenvalue weighted by molar-refractivity contribution is -0.315. The number of carbonyl (C=O) groups is 3. The number of aliphatic hydroxyl groups is 1. The third-order valence-electron chi connectivity index (χ3n) is 10.5. The molecule has 228 valence electrons. The van der Waals surface area contributed by atoms with Crippen molar-refractivity contribution >= 4 is 34.2 Å². The first-order chi connectivity index (χ1) is 21.1. The van der Waals surface area contributed by atoms with E-state index in [4.69, 9.17) is 4.74 Å². The molecule has 0 spiro atoms. The second-order valence-electron chi connectivity index (χ2n) is 13.2. The zero-order chi connectivity index (χ0) is 30.5. The molecule has 0 radical (unpaired) electrons. The first-order valence-electron chi connectivity index (χ1n) is 15.5. The van der Waals surface area contributed by atoms with Gasteiger partial charge in [0.15, 0.2) is 0 Å². The van der Waals surface area contributed by atoms with Gasteiger partial charge in [0, 0.05) is 42.1 Å². The zero-order valence-electron chi connectivity index (χ0n) is 25.2. The Balaban J connectivity index is 1.11. The Morgan fingerprint density at radius 2 is 1.95 bits per heavy atom. The summed E-state index contributed by atoms with van der Waals surface area (Å²) in [5, 5.41) is 16.2. The number of ether oxygens (including phenoxy) is 1. The van der Waals surface area contributed by atoms with E-state index in [9.17, 15) is 19.5 Å². The highest BCUT2D eigenvalue weighted by Crippen LogP contribution is 2.46. The lowest BCUT2D eigenvalue weighted by Crippen LogP contribution is -2.71. The van der Waals surface area contributed by atoms with Crippen LogP contribution < -0.4 is 5.32 Å². The number of nitrogens with zero attached hydrogens (tertiary/aromatic N) is 3. The lowest BCUT2D eigenvalue weighted by atomic mass is 9.79. The molecular weight excluding hydrogens is 558 g/mol. The van der Waals surface area contributed by atoms with Gasteiger partial charge in [-0.1, -0.05) is 48.5 Å². The van der Waals surface area contributed by atoms with Crippen molar-refractivity contribution in [1.82, 2.24) is 25.0 Å². The molecule has 0 bridgehead atoms. The maximum absolute atomic E-state index is 14.2. The minimum atomic E-state index is -2.04. The number of fused-ring (bicyclic) bond motifs is 5. The summed E-state index contributed by atoms with van der Waals surface area (Å²) in [7, 11) is 2.03. The largest absolute Gasteiger partial charge is 0.358 e. The van der Waals surface area contributed by atoms with Gasteiger partial charge >= 0.3 is 0 Å². The van der Waals surface area contributed by atoms with Crippen LogP contribution in [0.4, 0.5) is 0 Å². The predicted octanol–water partition coefficient (Wildman–Crippen LogP) is 2.30. The summed E-state index contributed by atoms with van der Waals surface area (Å²) >= 11 is 0. The van der Waals surface area contributed by atoms with Crippen molar-refractivity contribution < 1.29 is 24.2 Å². The lowest BCUT2D eigenvalue weighted by Gasteiger charge is -2.48. The van der Waals surface area contributed by atoms with Gasteiger partial charge in [0.05, 0.1) is 5.92 Å². The fourth-order valence-corrected chi connectivity index (χ4v) is 8.39. The standard InChI is InChI=1S/C34H37N5O5/c1-19-23-17-26-24(22-11-7-12-25(35-19)29(22)23)16-21(18-37(26)3)30(40)36-33(2)32(42)39-27(15-20-9-5-4-6-10-20)31(41)38-14-8-13-28(38)34(39,43)44-33/h4-7,9-12,16,21,26-28,35,43H,8,13-15,17-18H2,1-3H3,(H,36,40)/t21-,26-,27+,28+,33-,34+/m1/s1. The maximum atomic E-state index is 14.2. The number of H-pyrrole nitrogens is 1. The first-order valence-corrected chi connectivity index (χ1v) is 15.5. The normalized spacial score (nSPS) is 32.9. The second kappa shape index (κ2) is 9.50. The number of hydrogen-bond donors (Lipinski definition) is 3. The van der Waals surface area contributed by atoms with Crippen LogP contribution in [0.25, 0.3) is 16.5 Å². The number of aromatic amines is 1. The molecule has 3 amide bonds. The van der Waals surface area contributed by atoms with Crippen molar-refractivity contribution in [1.29, 1.82) is 0 Å². The van der Waals surface area contributed by atoms with Crippen LogP contribution in [0.2, 0.25) is 0 Å². The smallest absolute Gasteiger partial charge is 0.280 e. The number of carbonyl (C=O) groups excluding carboxylic acids is 3. The van der Waals surface area contributed by atoms with Crippen molar-refractivity contribution in [2.45, 2.75) is 69.3 Å². The highest BCUT2D eigenvalue weighted by atomic mass is 16.7. The highest BCUT2D eigenvalue weighted by molar-refractivity contribution is 6.01. The third kappa shape index (κ3) is 3.80. The minimum Gasteiger partial charge on any atom is -0.358 e. The van der Waals surface area contributed by atoms with E-state index in [0.29, 0.717) is 25.9 Å². The molecule has 3 aromatic rings. The number of hydrogen-bond acceptors (Lipinski definition) is 6. The summed E-state index contributed by atoms with van der Waals surface area (Å²) in [6.07, 6.45) is 4.32. The van der Waals surface area contributed by atoms with Gasteiger partial charge in [-0.05, 0) is 68.5 Å². The summed E-state index contributed by atoms with van der Waals surface area (Å²) in [5.41, 5.74) is 4.82. The van der Waals surface area contributed by atoms with Crippen molar-refractivity contribution in [3.05, 3.63) is 77.0 Å². The van der Waals surface area contributed by atoms with Gasteiger partial charge in [0.1, 0.15) is 12.1 Å². The Labute approximate surface area is 255 Å². The summed E-state index contributed by atoms with van der Waals surface area (Å²) in [4.78, 5) is 50.5. The van der Waals surface area contributed by atoms with Crippen LogP contribution in [-0.4, -0.2) is 92.4 Å². The second-order valence-corrected chi connectivity index (χ2v) is 13.2. The number of likely N-dealkylation sites (N-methyl/N-ethyl adjacent to an activating group) is 1. The topological polar surface area (TPSA) is 118 Å². The third-order valence-corrected chi connectivity index (χ3v) is 10.5. The Morgan fingerprint density at radius 1 is 1.16 bits per heavy atom. The molecule has 10 heteroatoms. The average molecular weight is 596 g/mol. The number of benzene rings is 2. The molecule has 4 aliphatic heterocycles. The summed E-state index contributed by atoms with van der Waals surface area (Å²) in [6.45, 7) is 4.56. The van der Waals surface area contributed by atoms with Crippen LogP contribution in [-0.2, 0) is 32.0 Å². The van der Waals surface area contributed by atoms with E-state index in [0.717, 1.165) is 28.6 Å². The van der Waals surface area contributed by atoms with Crippen molar-refractivity contribution in [3.63, 3.8) is 0 Å². The molecule has 0 saturated carbocycles. The van der Waals surface area contributed by atoms with Gasteiger partial charge in [0.25, 0.3) is 11.8 Å². The van der Waals surface area contributed by atoms with E-state index >= 15 is 0 Å². The van der Waals surface area contributed by atoms with Crippen molar-refractivity contribution in [3.8, 4) is 0 Å². The van der Waals surface area contributed by atoms with Gasteiger partial charge < -0.3 is 20.3 Å². The molecule has 3 saturated heterocycles. The Morgan fingerprint density at radius 3 is 2.75 bits per heavy atom. The van der Waals surface area contributed by atoms with Gasteiger partial charge in [-0.2, -0.15) is 0 Å². The first kappa shape index (κ1) is 27.6. The molecule has 8 rings (SSSR count). The predicted molar refractivity (Wildman–Crippen MR) is 163 cm³/mol. The highest BCUT2D eigenvalue weighted by Gasteiger charge is 2.70. The van der Waals surface area contributed by atoms with E-state index in [1.165, 1.54) is 28.5 Å². The summed E-state index contributed by atoms with van der Waals surface area (Å²) in [6, 6.07) is 14.2. The number of rotatable bonds is 4. The molecule has 2 aromatic carbocycles. The number of aromatic nitrogens is 1. The summed E-state index contributed by atoms with van der Waals surface area (Å²) < 4.78 is 6.24. The molecule has 5 heterocycles. The molecule has 3 fully saturated rings. The van der Waals surface area contributed by atoms with Gasteiger partial charge in [-0.25, -0.2) is 0 Å². The maximum Gasteiger partial charge on any atom is 0.280 e. The van der Waals surface area contributed by atoms with Crippen molar-refractivity contribution in [2.75, 3.05) is 20.1 Å². The Bertz CT molecular complexity index is 1750. The zero-order valence-corrected chi connectivity index (χ0v) is 25.2. The SMILES string of the molecule is Cc1[nH]c2cccc3c2c1C[C@@H]1C3=C[C@@H](C(=O)N[C@]2(C)O[C@@]3(O)[C@@H]4CCCN4C(=O)[C@H](Cc4ccccc4)N3C2=O)CN1C. The Hall–Kier alpha value is -3.99. The van der Waals surface area contributed by atoms with E-state index < -0.39 is 35.5 Å². The van der Waals surface area contributed by atoms with Gasteiger partial charge in [-0.3, -0.25) is 28.9 Å². The molecule has 5 aliphatic rings. The molecular formula is C34H37N5O5. The molecule has 0 unspecified atom stereocenters. The number of piperazine rings is 1. The summed E-state index contributed by atoms with van der Waals surface area (Å²) in [5.74, 6) is -3.77. The fourth-order valence-electron chi connectivity index (χ4n) is 8.39. The van der Waals surface area contributed by atoms with E-state index in [1.54, 1.807) is 4.90 Å². The van der Waals surface area contributed by atoms with Crippen LogP contribution in [0.15, 0.2) is 54.6 Å². The quantitative estimate of drug-likeness (QED) is 0.426. The van der Waals surface area contributed by atoms with Crippen LogP contribution in [0.1, 0.15) is 42.1 Å². The van der Waals surface area contributed by atoms with E-state index in [1.807, 2.05) is 49.5 Å². The van der Waals surface area contributed by atoms with Gasteiger partial charge in [-0.15, -0.1) is 0 Å². The number of amides is 3. The van der Waals surface area contributed by atoms with Gasteiger partial charge in [0.2, 0.25) is 17.5 Å². The van der Waals surface area contributed by atoms with Crippen LogP contribution in [0, 0.1) is 12.8 Å². The fraction of sp³-hybridized carbons (Fsp3) is 0.441. The van der Waals surface area contributed by atoms with Crippen LogP contribution in [0.5, 0.6) is 0 Å². The Kier molecular flexibility index (Phi) is 5.95. The molecule has 6 atom stereocenters. The number of nitrogens with one attached hydrogen (secondary N) is 2. The van der Waals surface area contributed by atoms with E-state index in [2.05, 4.69) is 34.3 Å². The molecule has 44 heavy (non-hydrogen) atoms. The molecule has 1 aromatic heterocycles. The van der Waals surface area contributed by atoms with Crippen molar-refractivity contribution in [2.24, 2.45) is 5.92 Å². The molecule has 10 nitrogen and oxygen atoms in total. The monoisotopic (exact) mass is 595 g/mol. The van der Waals surface area contributed by atoms with Crippen LogP contribution in [0.3, 0.4) is 0 Å². The number of aryl methyl sites for hydroxylation is 1. The molecule has 1 aliphatic carbocycles. The average Bonchev–Trinajstić information content (AvgIpc) is 3.67. The van der Waals surface area contributed by atoms with Crippen LogP contribution >= 0.6 is 0 Å². The molecule has 3 N–H and O–H groups in total. The minimum absolute atomic E-state index is 0.138. The van der Waals surface area contributed by atoms with E-state index in [-0.39, 0.29) is 24.3 Å².